The molecule has 0 unspecified atom stereocenters. The van der Waals surface area contributed by atoms with Gasteiger partial charge >= 0.3 is 6.03 Å². The third-order valence-corrected chi connectivity index (χ3v) is 3.03. The Labute approximate surface area is 111 Å². The van der Waals surface area contributed by atoms with Crippen molar-refractivity contribution in [1.82, 2.24) is 4.90 Å². The highest BCUT2D eigenvalue weighted by Gasteiger charge is 2.36. The predicted molar refractivity (Wildman–Crippen MR) is 71.0 cm³/mol. The Morgan fingerprint density at radius 3 is 2.11 bits per heavy atom. The fourth-order valence-electron chi connectivity index (χ4n) is 1.84. The number of amides is 4. The summed E-state index contributed by atoms with van der Waals surface area (Å²) >= 11 is 0. The largest absolute Gasteiger partial charge is 0.378 e. The molecule has 0 N–H and O–H groups in total. The minimum atomic E-state index is -0.612. The quantitative estimate of drug-likeness (QED) is 0.747. The first kappa shape index (κ1) is 13.1. The van der Waals surface area contributed by atoms with Crippen LogP contribution in [0, 0.1) is 0 Å². The first-order valence-corrected chi connectivity index (χ1v) is 5.82. The van der Waals surface area contributed by atoms with Crippen molar-refractivity contribution in [3.05, 3.63) is 24.3 Å². The molecule has 2 rings (SSSR count). The van der Waals surface area contributed by atoms with Gasteiger partial charge < -0.3 is 4.90 Å². The van der Waals surface area contributed by atoms with E-state index in [1.165, 1.54) is 7.05 Å². The lowest BCUT2D eigenvalue weighted by Gasteiger charge is -2.30. The lowest BCUT2D eigenvalue weighted by atomic mass is 10.2. The molecule has 0 atom stereocenters. The number of nitrogens with zero attached hydrogens (tertiary/aromatic N) is 3. The van der Waals surface area contributed by atoms with Crippen LogP contribution in [0.3, 0.4) is 0 Å². The summed E-state index contributed by atoms with van der Waals surface area (Å²) in [5.74, 6) is -0.970. The van der Waals surface area contributed by atoms with Gasteiger partial charge in [0.2, 0.25) is 11.8 Å². The molecule has 0 saturated carbocycles. The van der Waals surface area contributed by atoms with Crippen LogP contribution < -0.4 is 9.80 Å². The Balaban J connectivity index is 2.32. The van der Waals surface area contributed by atoms with E-state index in [1.54, 1.807) is 12.1 Å². The van der Waals surface area contributed by atoms with Gasteiger partial charge in [0.1, 0.15) is 6.42 Å². The van der Waals surface area contributed by atoms with Gasteiger partial charge in [-0.25, -0.2) is 9.69 Å². The highest BCUT2D eigenvalue weighted by Crippen LogP contribution is 2.23. The van der Waals surface area contributed by atoms with E-state index in [-0.39, 0.29) is 6.42 Å². The number of carbonyl (C=O) groups excluding carboxylic acids is 3. The summed E-state index contributed by atoms with van der Waals surface area (Å²) in [6.45, 7) is 0. The van der Waals surface area contributed by atoms with Crippen molar-refractivity contribution in [3.63, 3.8) is 0 Å². The molecule has 6 heteroatoms. The van der Waals surface area contributed by atoms with Gasteiger partial charge in [-0.1, -0.05) is 0 Å². The van der Waals surface area contributed by atoms with Gasteiger partial charge in [-0.3, -0.25) is 14.5 Å². The zero-order chi connectivity index (χ0) is 14.2. The molecule has 1 heterocycles. The summed E-state index contributed by atoms with van der Waals surface area (Å²) in [6, 6.07) is 6.39. The SMILES string of the molecule is CN1C(=O)CC(=O)N(c2ccc(N(C)C)cc2)C1=O. The maximum absolute atomic E-state index is 12.0. The average Bonchev–Trinajstić information content (AvgIpc) is 2.37. The molecule has 1 saturated heterocycles. The van der Waals surface area contributed by atoms with Crippen molar-refractivity contribution in [1.29, 1.82) is 0 Å². The van der Waals surface area contributed by atoms with Crippen molar-refractivity contribution in [2.24, 2.45) is 0 Å². The number of hydrogen-bond donors (Lipinski definition) is 0. The second kappa shape index (κ2) is 4.72. The first-order valence-electron chi connectivity index (χ1n) is 5.82. The Kier molecular flexibility index (Phi) is 3.25. The van der Waals surface area contributed by atoms with E-state index in [4.69, 9.17) is 0 Å². The van der Waals surface area contributed by atoms with Gasteiger partial charge in [0.25, 0.3) is 0 Å². The number of carbonyl (C=O) groups is 3. The number of barbiturate groups is 1. The third-order valence-electron chi connectivity index (χ3n) is 3.03. The second-order valence-corrected chi connectivity index (χ2v) is 4.55. The molecule has 1 fully saturated rings. The van der Waals surface area contributed by atoms with E-state index >= 15 is 0 Å². The molecule has 1 aromatic carbocycles. The maximum atomic E-state index is 12.0. The molecule has 0 spiro atoms. The van der Waals surface area contributed by atoms with E-state index in [2.05, 4.69) is 0 Å². The van der Waals surface area contributed by atoms with E-state index in [0.29, 0.717) is 5.69 Å². The van der Waals surface area contributed by atoms with Crippen LogP contribution in [0.4, 0.5) is 16.2 Å². The van der Waals surface area contributed by atoms with Crippen LogP contribution in [-0.2, 0) is 9.59 Å². The predicted octanol–water partition coefficient (Wildman–Crippen LogP) is 1.07. The number of benzene rings is 1. The summed E-state index contributed by atoms with van der Waals surface area (Å²) < 4.78 is 0. The molecule has 100 valence electrons. The monoisotopic (exact) mass is 261 g/mol. The van der Waals surface area contributed by atoms with E-state index < -0.39 is 17.8 Å². The molecule has 6 nitrogen and oxygen atoms in total. The van der Waals surface area contributed by atoms with Crippen LogP contribution in [-0.4, -0.2) is 43.9 Å². The summed E-state index contributed by atoms with van der Waals surface area (Å²) in [7, 11) is 5.18. The molecule has 1 aromatic rings. The van der Waals surface area contributed by atoms with Crippen molar-refractivity contribution < 1.29 is 14.4 Å². The Morgan fingerprint density at radius 2 is 1.58 bits per heavy atom. The molecule has 1 aliphatic rings. The number of imide groups is 2. The zero-order valence-electron chi connectivity index (χ0n) is 11.1. The van der Waals surface area contributed by atoms with Gasteiger partial charge in [0.15, 0.2) is 0 Å². The maximum Gasteiger partial charge on any atom is 0.337 e. The van der Waals surface area contributed by atoms with Crippen LogP contribution in [0.15, 0.2) is 24.3 Å². The Hall–Kier alpha value is -2.37. The Morgan fingerprint density at radius 1 is 1.00 bits per heavy atom. The van der Waals surface area contributed by atoms with Crippen LogP contribution in [0.25, 0.3) is 0 Å². The average molecular weight is 261 g/mol. The van der Waals surface area contributed by atoms with Gasteiger partial charge in [0, 0.05) is 26.8 Å². The number of urea groups is 1. The van der Waals surface area contributed by atoms with Crippen molar-refractivity contribution >= 4 is 29.2 Å². The molecule has 4 amide bonds. The van der Waals surface area contributed by atoms with E-state index in [0.717, 1.165) is 15.5 Å². The smallest absolute Gasteiger partial charge is 0.337 e. The van der Waals surface area contributed by atoms with Gasteiger partial charge in [0.05, 0.1) is 5.69 Å². The molecule has 19 heavy (non-hydrogen) atoms. The van der Waals surface area contributed by atoms with Crippen LogP contribution >= 0.6 is 0 Å². The second-order valence-electron chi connectivity index (χ2n) is 4.55. The summed E-state index contributed by atoms with van der Waals surface area (Å²) in [4.78, 5) is 39.1. The van der Waals surface area contributed by atoms with Gasteiger partial charge in [-0.2, -0.15) is 0 Å². The number of anilines is 2. The minimum absolute atomic E-state index is 0.280. The normalized spacial score (nSPS) is 16.1. The molecule has 0 aliphatic carbocycles. The van der Waals surface area contributed by atoms with Gasteiger partial charge in [-0.15, -0.1) is 0 Å². The van der Waals surface area contributed by atoms with Crippen LogP contribution in [0.5, 0.6) is 0 Å². The lowest BCUT2D eigenvalue weighted by Crippen LogP contribution is -2.53. The van der Waals surface area contributed by atoms with Crippen LogP contribution in [0.2, 0.25) is 0 Å². The van der Waals surface area contributed by atoms with Crippen molar-refractivity contribution in [2.45, 2.75) is 6.42 Å². The molecule has 0 aromatic heterocycles. The van der Waals surface area contributed by atoms with Gasteiger partial charge in [-0.05, 0) is 24.3 Å². The first-order chi connectivity index (χ1) is 8.91. The van der Waals surface area contributed by atoms with E-state index in [1.807, 2.05) is 31.1 Å². The summed E-state index contributed by atoms with van der Waals surface area (Å²) in [5, 5.41) is 0. The topological polar surface area (TPSA) is 60.9 Å². The highest BCUT2D eigenvalue weighted by molar-refractivity contribution is 6.26. The fourth-order valence-corrected chi connectivity index (χ4v) is 1.84. The molecule has 1 aliphatic heterocycles. The molecular formula is C13H15N3O3. The third kappa shape index (κ3) is 2.29. The zero-order valence-corrected chi connectivity index (χ0v) is 11.1. The summed E-state index contributed by atoms with van der Waals surface area (Å²) in [5.41, 5.74) is 1.44. The Bertz CT molecular complexity index is 537. The van der Waals surface area contributed by atoms with Crippen molar-refractivity contribution in [2.75, 3.05) is 30.9 Å². The molecule has 0 bridgehead atoms. The standard InChI is InChI=1S/C13H15N3O3/c1-14(2)9-4-6-10(7-5-9)16-12(18)8-11(17)15(3)13(16)19/h4-7H,8H2,1-3H3. The fraction of sp³-hybridized carbons (Fsp3) is 0.308. The molecule has 0 radical (unpaired) electrons. The minimum Gasteiger partial charge on any atom is -0.378 e. The van der Waals surface area contributed by atoms with Crippen LogP contribution in [0.1, 0.15) is 6.42 Å². The highest BCUT2D eigenvalue weighted by atomic mass is 16.2. The van der Waals surface area contributed by atoms with Crippen molar-refractivity contribution in [3.8, 4) is 0 Å². The number of rotatable bonds is 2. The molecular weight excluding hydrogens is 246 g/mol. The summed E-state index contributed by atoms with van der Waals surface area (Å²) in [6.07, 6.45) is -0.280. The lowest BCUT2D eigenvalue weighted by molar-refractivity contribution is -0.133. The van der Waals surface area contributed by atoms with E-state index in [9.17, 15) is 14.4 Å². The number of hydrogen-bond acceptors (Lipinski definition) is 4.